The number of fused-ring (bicyclic) bond motifs is 1. The molecule has 0 fully saturated rings. The summed E-state index contributed by atoms with van der Waals surface area (Å²) in [4.78, 5) is 10.8. The van der Waals surface area contributed by atoms with Crippen LogP contribution >= 0.6 is 34.7 Å². The Hall–Kier alpha value is -1.24. The molecule has 1 aliphatic rings. The van der Waals surface area contributed by atoms with Gasteiger partial charge < -0.3 is 5.32 Å². The molecule has 0 spiro atoms. The van der Waals surface area contributed by atoms with Crippen molar-refractivity contribution in [2.45, 2.75) is 28.8 Å². The second-order valence-electron chi connectivity index (χ2n) is 4.94. The van der Waals surface area contributed by atoms with Crippen molar-refractivity contribution in [3.8, 4) is 0 Å². The Labute approximate surface area is 135 Å². The number of hydrogen-bond donors (Lipinski definition) is 1. The van der Waals surface area contributed by atoms with Gasteiger partial charge in [0.05, 0.1) is 15.2 Å². The molecule has 7 heteroatoms. The third-order valence-corrected chi connectivity index (χ3v) is 5.97. The van der Waals surface area contributed by atoms with E-state index >= 15 is 0 Å². The van der Waals surface area contributed by atoms with E-state index in [0.717, 1.165) is 6.42 Å². The number of thioether (sulfide) groups is 1. The average molecular weight is 341 g/mol. The lowest BCUT2D eigenvalue weighted by Gasteiger charge is -2.28. The highest BCUT2D eigenvalue weighted by Crippen LogP contribution is 2.45. The predicted octanol–water partition coefficient (Wildman–Crippen LogP) is 5.35. The molecular weight excluding hydrogens is 328 g/mol. The molecule has 4 nitrogen and oxygen atoms in total. The van der Waals surface area contributed by atoms with E-state index in [9.17, 15) is 10.1 Å². The van der Waals surface area contributed by atoms with Crippen LogP contribution in [0, 0.1) is 10.1 Å². The van der Waals surface area contributed by atoms with E-state index in [1.165, 1.54) is 15.8 Å². The first kappa shape index (κ1) is 14.7. The fourth-order valence-electron chi connectivity index (χ4n) is 2.46. The number of rotatable bonds is 3. The lowest BCUT2D eigenvalue weighted by molar-refractivity contribution is -0.384. The molecular formula is C14H13ClN2O2S2. The number of nitrogens with zero attached hydrogens (tertiary/aromatic N) is 1. The number of anilines is 1. The Morgan fingerprint density at radius 3 is 3.00 bits per heavy atom. The fourth-order valence-corrected chi connectivity index (χ4v) is 5.20. The van der Waals surface area contributed by atoms with Gasteiger partial charge in [0.15, 0.2) is 0 Å². The molecule has 1 unspecified atom stereocenters. The maximum Gasteiger partial charge on any atom is 0.292 e. The molecule has 3 rings (SSSR count). The molecule has 0 saturated carbocycles. The smallest absolute Gasteiger partial charge is 0.292 e. The summed E-state index contributed by atoms with van der Waals surface area (Å²) in [6.07, 6.45) is 0.929. The normalized spacial score (nSPS) is 20.9. The summed E-state index contributed by atoms with van der Waals surface area (Å²) >= 11 is 9.57. The van der Waals surface area contributed by atoms with Gasteiger partial charge in [-0.25, -0.2) is 0 Å². The van der Waals surface area contributed by atoms with E-state index in [0.29, 0.717) is 16.0 Å². The number of benzene rings is 1. The SMILES string of the molecule is C[C@H]1CC(Nc2cc(Cl)ccc2[N+](=O)[O-])c2ccsc2S1. The lowest BCUT2D eigenvalue weighted by Crippen LogP contribution is -2.19. The van der Waals surface area contributed by atoms with Crippen LogP contribution in [0.15, 0.2) is 33.9 Å². The van der Waals surface area contributed by atoms with Gasteiger partial charge in [-0.1, -0.05) is 18.5 Å². The highest BCUT2D eigenvalue weighted by atomic mass is 35.5. The topological polar surface area (TPSA) is 55.2 Å². The number of hydrogen-bond acceptors (Lipinski definition) is 5. The quantitative estimate of drug-likeness (QED) is 0.604. The summed E-state index contributed by atoms with van der Waals surface area (Å²) in [6.45, 7) is 2.17. The zero-order chi connectivity index (χ0) is 15.0. The Balaban J connectivity index is 1.94. The van der Waals surface area contributed by atoms with E-state index in [2.05, 4.69) is 23.7 Å². The first-order valence-corrected chi connectivity index (χ1v) is 8.63. The summed E-state index contributed by atoms with van der Waals surface area (Å²) in [5, 5.41) is 17.5. The van der Waals surface area contributed by atoms with Crippen molar-refractivity contribution in [2.75, 3.05) is 5.32 Å². The number of halogens is 1. The van der Waals surface area contributed by atoms with Crippen LogP contribution in [0.4, 0.5) is 11.4 Å². The second kappa shape index (κ2) is 5.87. The van der Waals surface area contributed by atoms with Gasteiger partial charge in [-0.3, -0.25) is 10.1 Å². The Kier molecular flexibility index (Phi) is 4.10. The van der Waals surface area contributed by atoms with Gasteiger partial charge in [-0.05, 0) is 35.6 Å². The van der Waals surface area contributed by atoms with Crippen molar-refractivity contribution in [3.63, 3.8) is 0 Å². The van der Waals surface area contributed by atoms with Crippen molar-refractivity contribution in [1.29, 1.82) is 0 Å². The molecule has 0 saturated heterocycles. The van der Waals surface area contributed by atoms with E-state index in [-0.39, 0.29) is 16.7 Å². The van der Waals surface area contributed by atoms with Crippen LogP contribution in [0.5, 0.6) is 0 Å². The third-order valence-electron chi connectivity index (χ3n) is 3.39. The first-order chi connectivity index (χ1) is 10.0. The summed E-state index contributed by atoms with van der Waals surface area (Å²) < 4.78 is 1.29. The van der Waals surface area contributed by atoms with E-state index in [1.54, 1.807) is 23.5 Å². The molecule has 2 aromatic rings. The molecule has 0 bridgehead atoms. The standard InChI is InChI=1S/C14H13ClN2O2S2/c1-8-6-11(10-4-5-20-14(10)21-8)16-12-7-9(15)2-3-13(12)17(18)19/h2-5,7-8,11,16H,6H2,1H3/t8-,11?/m0/s1. The largest absolute Gasteiger partial charge is 0.373 e. The maximum atomic E-state index is 11.2. The predicted molar refractivity (Wildman–Crippen MR) is 88.7 cm³/mol. The fraction of sp³-hybridized carbons (Fsp3) is 0.286. The highest BCUT2D eigenvalue weighted by molar-refractivity contribution is 8.01. The summed E-state index contributed by atoms with van der Waals surface area (Å²) in [6, 6.07) is 6.78. The minimum Gasteiger partial charge on any atom is -0.373 e. The molecule has 1 aliphatic heterocycles. The van der Waals surface area contributed by atoms with Gasteiger partial charge in [0, 0.05) is 16.3 Å². The van der Waals surface area contributed by atoms with Crippen LogP contribution in [-0.4, -0.2) is 10.2 Å². The van der Waals surface area contributed by atoms with Gasteiger partial charge in [-0.15, -0.1) is 23.1 Å². The van der Waals surface area contributed by atoms with Crippen molar-refractivity contribution < 1.29 is 4.92 Å². The summed E-state index contributed by atoms with van der Waals surface area (Å²) in [7, 11) is 0. The van der Waals surface area contributed by atoms with E-state index in [4.69, 9.17) is 11.6 Å². The van der Waals surface area contributed by atoms with Gasteiger partial charge >= 0.3 is 0 Å². The number of nitro benzene ring substituents is 1. The van der Waals surface area contributed by atoms with Crippen molar-refractivity contribution in [1.82, 2.24) is 0 Å². The van der Waals surface area contributed by atoms with Gasteiger partial charge in [0.1, 0.15) is 5.69 Å². The van der Waals surface area contributed by atoms with Crippen molar-refractivity contribution >= 4 is 46.1 Å². The summed E-state index contributed by atoms with van der Waals surface area (Å²) in [5.74, 6) is 0. The minimum atomic E-state index is -0.381. The zero-order valence-corrected chi connectivity index (χ0v) is 13.6. The molecule has 110 valence electrons. The minimum absolute atomic E-state index is 0.0575. The molecule has 2 atom stereocenters. The van der Waals surface area contributed by atoms with Crippen LogP contribution in [0.3, 0.4) is 0 Å². The van der Waals surface area contributed by atoms with Crippen LogP contribution in [-0.2, 0) is 0 Å². The second-order valence-corrected chi connectivity index (χ2v) is 8.00. The molecule has 1 aromatic heterocycles. The molecule has 0 radical (unpaired) electrons. The van der Waals surface area contributed by atoms with Gasteiger partial charge in [0.2, 0.25) is 0 Å². The number of nitro groups is 1. The Bertz CT molecular complexity index is 689. The molecule has 1 N–H and O–H groups in total. The first-order valence-electron chi connectivity index (χ1n) is 6.49. The number of thiophene rings is 1. The van der Waals surface area contributed by atoms with Gasteiger partial charge in [0.25, 0.3) is 5.69 Å². The highest BCUT2D eigenvalue weighted by Gasteiger charge is 2.28. The van der Waals surface area contributed by atoms with Crippen molar-refractivity contribution in [2.24, 2.45) is 0 Å². The van der Waals surface area contributed by atoms with Crippen LogP contribution in [0.2, 0.25) is 5.02 Å². The zero-order valence-electron chi connectivity index (χ0n) is 11.2. The van der Waals surface area contributed by atoms with E-state index < -0.39 is 0 Å². The average Bonchev–Trinajstić information content (AvgIpc) is 2.86. The van der Waals surface area contributed by atoms with Crippen LogP contribution < -0.4 is 5.32 Å². The third kappa shape index (κ3) is 3.02. The van der Waals surface area contributed by atoms with Crippen LogP contribution in [0.1, 0.15) is 24.9 Å². The van der Waals surface area contributed by atoms with Crippen LogP contribution in [0.25, 0.3) is 0 Å². The van der Waals surface area contributed by atoms with E-state index in [1.807, 2.05) is 11.8 Å². The molecule has 1 aromatic carbocycles. The Morgan fingerprint density at radius 2 is 2.24 bits per heavy atom. The monoisotopic (exact) mass is 340 g/mol. The lowest BCUT2D eigenvalue weighted by atomic mass is 10.0. The van der Waals surface area contributed by atoms with Crippen molar-refractivity contribution in [3.05, 3.63) is 50.3 Å². The molecule has 0 aliphatic carbocycles. The maximum absolute atomic E-state index is 11.2. The number of nitrogens with one attached hydrogen (secondary N) is 1. The summed E-state index contributed by atoms with van der Waals surface area (Å²) in [5.41, 5.74) is 1.76. The molecule has 2 heterocycles. The molecule has 0 amide bonds. The van der Waals surface area contributed by atoms with Gasteiger partial charge in [-0.2, -0.15) is 0 Å². The molecule has 21 heavy (non-hydrogen) atoms. The Morgan fingerprint density at radius 1 is 1.43 bits per heavy atom.